The van der Waals surface area contributed by atoms with Crippen molar-refractivity contribution in [2.45, 2.75) is 13.3 Å². The van der Waals surface area contributed by atoms with Crippen LogP contribution in [0.4, 0.5) is 11.4 Å². The van der Waals surface area contributed by atoms with E-state index in [4.69, 9.17) is 0 Å². The summed E-state index contributed by atoms with van der Waals surface area (Å²) >= 11 is 0. The second-order valence-electron chi connectivity index (χ2n) is 3.85. The van der Waals surface area contributed by atoms with E-state index in [-0.39, 0.29) is 5.78 Å². The summed E-state index contributed by atoms with van der Waals surface area (Å²) in [6, 6.07) is 17.5. The first-order valence-electron chi connectivity index (χ1n) is 5.75. The molecule has 2 rings (SSSR count). The molecule has 0 fully saturated rings. The third-order valence-corrected chi connectivity index (χ3v) is 2.57. The maximum absolute atomic E-state index is 11.6. The Morgan fingerprint density at radius 2 is 1.71 bits per heavy atom. The predicted octanol–water partition coefficient (Wildman–Crippen LogP) is 4.02. The van der Waals surface area contributed by atoms with E-state index in [1.165, 1.54) is 0 Å². The highest BCUT2D eigenvalue weighted by Gasteiger charge is 2.03. The molecule has 0 aliphatic heterocycles. The number of anilines is 2. The predicted molar refractivity (Wildman–Crippen MR) is 70.8 cm³/mol. The van der Waals surface area contributed by atoms with Gasteiger partial charge in [0.15, 0.2) is 5.78 Å². The summed E-state index contributed by atoms with van der Waals surface area (Å²) in [7, 11) is 0. The molecule has 0 saturated carbocycles. The number of nitrogens with one attached hydrogen (secondary N) is 1. The van der Waals surface area contributed by atoms with Crippen LogP contribution in [0.2, 0.25) is 0 Å². The first kappa shape index (κ1) is 11.4. The average molecular weight is 225 g/mol. The van der Waals surface area contributed by atoms with Gasteiger partial charge in [0.1, 0.15) is 0 Å². The van der Waals surface area contributed by atoms with Crippen LogP contribution in [0.25, 0.3) is 0 Å². The number of para-hydroxylation sites is 1. The van der Waals surface area contributed by atoms with Crippen molar-refractivity contribution in [3.63, 3.8) is 0 Å². The summed E-state index contributed by atoms with van der Waals surface area (Å²) in [5.74, 6) is 0.168. The van der Waals surface area contributed by atoms with Gasteiger partial charge in [-0.2, -0.15) is 0 Å². The van der Waals surface area contributed by atoms with Crippen LogP contribution in [-0.4, -0.2) is 5.78 Å². The quantitative estimate of drug-likeness (QED) is 0.796. The Kier molecular flexibility index (Phi) is 3.55. The van der Waals surface area contributed by atoms with Crippen LogP contribution in [0.1, 0.15) is 23.7 Å². The molecule has 1 N–H and O–H groups in total. The molecular formula is C15H15NO. The van der Waals surface area contributed by atoms with Gasteiger partial charge < -0.3 is 5.32 Å². The van der Waals surface area contributed by atoms with Crippen LogP contribution in [0.5, 0.6) is 0 Å². The van der Waals surface area contributed by atoms with Crippen LogP contribution >= 0.6 is 0 Å². The van der Waals surface area contributed by atoms with E-state index in [2.05, 4.69) is 5.32 Å². The van der Waals surface area contributed by atoms with E-state index in [0.29, 0.717) is 6.42 Å². The molecule has 0 atom stereocenters. The van der Waals surface area contributed by atoms with Crippen molar-refractivity contribution in [3.8, 4) is 0 Å². The Morgan fingerprint density at radius 1 is 1.00 bits per heavy atom. The highest BCUT2D eigenvalue weighted by Crippen LogP contribution is 2.17. The van der Waals surface area contributed by atoms with Crippen molar-refractivity contribution in [2.24, 2.45) is 0 Å². The summed E-state index contributed by atoms with van der Waals surface area (Å²) in [5.41, 5.74) is 2.72. The summed E-state index contributed by atoms with van der Waals surface area (Å²) < 4.78 is 0. The minimum Gasteiger partial charge on any atom is -0.356 e. The molecule has 0 heterocycles. The Morgan fingerprint density at radius 3 is 2.41 bits per heavy atom. The van der Waals surface area contributed by atoms with Gasteiger partial charge in [-0.05, 0) is 24.3 Å². The van der Waals surface area contributed by atoms with Gasteiger partial charge in [-0.3, -0.25) is 4.79 Å². The van der Waals surface area contributed by atoms with E-state index in [1.54, 1.807) is 0 Å². The smallest absolute Gasteiger partial charge is 0.162 e. The molecule has 0 radical (unpaired) electrons. The molecule has 86 valence electrons. The minimum atomic E-state index is 0.168. The highest BCUT2D eigenvalue weighted by molar-refractivity contribution is 5.96. The third kappa shape index (κ3) is 2.94. The number of hydrogen-bond acceptors (Lipinski definition) is 2. The molecule has 0 aliphatic rings. The van der Waals surface area contributed by atoms with Crippen LogP contribution in [0, 0.1) is 0 Å². The van der Waals surface area contributed by atoms with Gasteiger partial charge in [-0.1, -0.05) is 37.3 Å². The lowest BCUT2D eigenvalue weighted by molar-refractivity contribution is 0.0988. The van der Waals surface area contributed by atoms with E-state index >= 15 is 0 Å². The highest BCUT2D eigenvalue weighted by atomic mass is 16.1. The lowest BCUT2D eigenvalue weighted by Crippen LogP contribution is -1.97. The van der Waals surface area contributed by atoms with Crippen molar-refractivity contribution >= 4 is 17.2 Å². The topological polar surface area (TPSA) is 29.1 Å². The molecule has 2 nitrogen and oxygen atoms in total. The van der Waals surface area contributed by atoms with E-state index < -0.39 is 0 Å². The zero-order valence-electron chi connectivity index (χ0n) is 9.81. The molecule has 0 aromatic heterocycles. The molecule has 17 heavy (non-hydrogen) atoms. The van der Waals surface area contributed by atoms with E-state index in [9.17, 15) is 4.79 Å². The van der Waals surface area contributed by atoms with Crippen molar-refractivity contribution in [1.82, 2.24) is 0 Å². The monoisotopic (exact) mass is 225 g/mol. The molecule has 2 heteroatoms. The summed E-state index contributed by atoms with van der Waals surface area (Å²) in [5, 5.41) is 3.27. The largest absolute Gasteiger partial charge is 0.356 e. The number of carbonyl (C=O) groups is 1. The molecule has 0 amide bonds. The normalized spacial score (nSPS) is 9.94. The Hall–Kier alpha value is -2.09. The van der Waals surface area contributed by atoms with Gasteiger partial charge in [0.05, 0.1) is 0 Å². The fourth-order valence-corrected chi connectivity index (χ4v) is 1.66. The van der Waals surface area contributed by atoms with Crippen molar-refractivity contribution in [2.75, 3.05) is 5.32 Å². The van der Waals surface area contributed by atoms with Gasteiger partial charge >= 0.3 is 0 Å². The number of carbonyl (C=O) groups excluding carboxylic acids is 1. The molecule has 0 aliphatic carbocycles. The SMILES string of the molecule is CCC(=O)c1cccc(Nc2ccccc2)c1. The number of ketones is 1. The fraction of sp³-hybridized carbons (Fsp3) is 0.133. The molecule has 0 saturated heterocycles. The van der Waals surface area contributed by atoms with Gasteiger partial charge in [0.25, 0.3) is 0 Å². The van der Waals surface area contributed by atoms with Crippen LogP contribution in [0.15, 0.2) is 54.6 Å². The third-order valence-electron chi connectivity index (χ3n) is 2.57. The Bertz CT molecular complexity index is 505. The van der Waals surface area contributed by atoms with Crippen LogP contribution in [0.3, 0.4) is 0 Å². The Balaban J connectivity index is 2.20. The maximum Gasteiger partial charge on any atom is 0.162 e. The zero-order valence-corrected chi connectivity index (χ0v) is 9.81. The number of hydrogen-bond donors (Lipinski definition) is 1. The van der Waals surface area contributed by atoms with Gasteiger partial charge in [-0.15, -0.1) is 0 Å². The molecule has 2 aromatic rings. The number of benzene rings is 2. The standard InChI is InChI=1S/C15H15NO/c1-2-15(17)12-7-6-10-14(11-12)16-13-8-4-3-5-9-13/h3-11,16H,2H2,1H3. The zero-order chi connectivity index (χ0) is 12.1. The Labute approximate surface area is 101 Å². The second kappa shape index (κ2) is 5.30. The van der Waals surface area contributed by atoms with Gasteiger partial charge in [-0.25, -0.2) is 0 Å². The maximum atomic E-state index is 11.6. The average Bonchev–Trinajstić information content (AvgIpc) is 2.39. The van der Waals surface area contributed by atoms with Gasteiger partial charge in [0.2, 0.25) is 0 Å². The summed E-state index contributed by atoms with van der Waals surface area (Å²) in [4.78, 5) is 11.6. The molecule has 0 bridgehead atoms. The van der Waals surface area contributed by atoms with Crippen molar-refractivity contribution < 1.29 is 4.79 Å². The first-order chi connectivity index (χ1) is 8.29. The first-order valence-corrected chi connectivity index (χ1v) is 5.75. The van der Waals surface area contributed by atoms with E-state index in [1.807, 2.05) is 61.5 Å². The minimum absolute atomic E-state index is 0.168. The van der Waals surface area contributed by atoms with Crippen LogP contribution in [-0.2, 0) is 0 Å². The lowest BCUT2D eigenvalue weighted by atomic mass is 10.1. The number of Topliss-reactive ketones (excluding diaryl/α,β-unsaturated/α-hetero) is 1. The molecule has 2 aromatic carbocycles. The summed E-state index contributed by atoms with van der Waals surface area (Å²) in [6.45, 7) is 1.87. The lowest BCUT2D eigenvalue weighted by Gasteiger charge is -2.07. The van der Waals surface area contributed by atoms with E-state index in [0.717, 1.165) is 16.9 Å². The van der Waals surface area contributed by atoms with Crippen molar-refractivity contribution in [3.05, 3.63) is 60.2 Å². The van der Waals surface area contributed by atoms with Crippen molar-refractivity contribution in [1.29, 1.82) is 0 Å². The van der Waals surface area contributed by atoms with Crippen LogP contribution < -0.4 is 5.32 Å². The summed E-state index contributed by atoms with van der Waals surface area (Å²) in [6.07, 6.45) is 0.536. The molecular weight excluding hydrogens is 210 g/mol. The van der Waals surface area contributed by atoms with Gasteiger partial charge in [0, 0.05) is 23.4 Å². The molecule has 0 unspecified atom stereocenters. The number of rotatable bonds is 4. The second-order valence-corrected chi connectivity index (χ2v) is 3.85. The molecule has 0 spiro atoms. The fourth-order valence-electron chi connectivity index (χ4n) is 1.66.